The Morgan fingerprint density at radius 2 is 1.62 bits per heavy atom. The normalized spacial score (nSPS) is 10.9. The standard InChI is InChI=1S/C35H23N5O.Pt/c1-23-9-8-10-24(2)35(23)39-21-31(38-22-39)25-17-26(36-3)19-28(18-25)41-27-14-15-30-29-11-4-5-12-32(29)40(33(30)20-27)34-13-6-7-16-37-34;/h4-17,19,21-22H,1-2H3;/q-2;+2. The van der Waals surface area contributed by atoms with Gasteiger partial charge in [0.1, 0.15) is 11.5 Å². The van der Waals surface area contributed by atoms with Crippen LogP contribution in [0.3, 0.4) is 0 Å². The Kier molecular flexibility index (Phi) is 7.20. The third-order valence-corrected chi connectivity index (χ3v) is 7.17. The fraction of sp³-hybridized carbons (Fsp3) is 0.0571. The average Bonchev–Trinajstić information content (AvgIpc) is 3.60. The van der Waals surface area contributed by atoms with Gasteiger partial charge in [0.25, 0.3) is 0 Å². The molecule has 7 rings (SSSR count). The van der Waals surface area contributed by atoms with E-state index in [1.807, 2.05) is 59.3 Å². The summed E-state index contributed by atoms with van der Waals surface area (Å²) in [5, 5.41) is 2.16. The van der Waals surface area contributed by atoms with E-state index in [0.717, 1.165) is 44.4 Å². The molecule has 42 heavy (non-hydrogen) atoms. The second-order valence-corrected chi connectivity index (χ2v) is 9.86. The summed E-state index contributed by atoms with van der Waals surface area (Å²) >= 11 is 0. The maximum atomic E-state index is 7.68. The van der Waals surface area contributed by atoms with Gasteiger partial charge in [0.2, 0.25) is 0 Å². The van der Waals surface area contributed by atoms with Crippen LogP contribution in [0.4, 0.5) is 5.69 Å². The van der Waals surface area contributed by atoms with Gasteiger partial charge in [-0.3, -0.25) is 9.83 Å². The van der Waals surface area contributed by atoms with Crippen LogP contribution in [0.25, 0.3) is 49.4 Å². The molecule has 0 amide bonds. The summed E-state index contributed by atoms with van der Waals surface area (Å²) in [4.78, 5) is 12.9. The zero-order valence-electron chi connectivity index (χ0n) is 22.8. The number of imidazole rings is 1. The molecule has 0 unspecified atom stereocenters. The van der Waals surface area contributed by atoms with E-state index in [-0.39, 0.29) is 21.1 Å². The van der Waals surface area contributed by atoms with Crippen molar-refractivity contribution < 1.29 is 25.8 Å². The first-order chi connectivity index (χ1) is 20.1. The van der Waals surface area contributed by atoms with Crippen molar-refractivity contribution in [1.82, 2.24) is 19.1 Å². The van der Waals surface area contributed by atoms with Crippen LogP contribution in [-0.4, -0.2) is 19.1 Å². The largest absolute Gasteiger partial charge is 2.00 e. The summed E-state index contributed by atoms with van der Waals surface area (Å²) in [6.45, 7) is 11.8. The van der Waals surface area contributed by atoms with Crippen molar-refractivity contribution in [1.29, 1.82) is 0 Å². The van der Waals surface area contributed by atoms with Crippen LogP contribution in [0, 0.1) is 32.6 Å². The minimum absolute atomic E-state index is 0. The van der Waals surface area contributed by atoms with Crippen molar-refractivity contribution in [2.45, 2.75) is 13.8 Å². The summed E-state index contributed by atoms with van der Waals surface area (Å²) in [5.41, 5.74) is 7.14. The molecule has 0 saturated heterocycles. The summed E-state index contributed by atoms with van der Waals surface area (Å²) < 4.78 is 10.4. The Morgan fingerprint density at radius 3 is 2.40 bits per heavy atom. The van der Waals surface area contributed by atoms with E-state index in [1.165, 1.54) is 0 Å². The molecule has 4 aromatic carbocycles. The van der Waals surface area contributed by atoms with Gasteiger partial charge >= 0.3 is 21.1 Å². The number of benzene rings is 4. The predicted molar refractivity (Wildman–Crippen MR) is 161 cm³/mol. The number of hydrogen-bond donors (Lipinski definition) is 0. The van der Waals surface area contributed by atoms with Crippen molar-refractivity contribution in [3.63, 3.8) is 0 Å². The summed E-state index contributed by atoms with van der Waals surface area (Å²) in [5.74, 6) is 1.74. The maximum absolute atomic E-state index is 7.68. The van der Waals surface area contributed by atoms with Crippen molar-refractivity contribution in [3.05, 3.63) is 138 Å². The number of ether oxygens (including phenoxy) is 1. The fourth-order valence-electron chi connectivity index (χ4n) is 5.36. The minimum Gasteiger partial charge on any atom is -0.504 e. The Labute approximate surface area is 257 Å². The van der Waals surface area contributed by atoms with E-state index in [0.29, 0.717) is 28.4 Å². The van der Waals surface area contributed by atoms with Crippen molar-refractivity contribution in [2.75, 3.05) is 0 Å². The zero-order valence-corrected chi connectivity index (χ0v) is 25.0. The van der Waals surface area contributed by atoms with E-state index in [4.69, 9.17) is 11.3 Å². The number of nitrogens with zero attached hydrogens (tertiary/aromatic N) is 5. The van der Waals surface area contributed by atoms with Gasteiger partial charge in [-0.25, -0.2) is 4.98 Å². The van der Waals surface area contributed by atoms with E-state index in [1.54, 1.807) is 24.7 Å². The van der Waals surface area contributed by atoms with Gasteiger partial charge in [-0.1, -0.05) is 60.1 Å². The molecule has 3 heterocycles. The molecule has 0 aliphatic carbocycles. The molecule has 7 aromatic rings. The van der Waals surface area contributed by atoms with Crippen LogP contribution in [0.5, 0.6) is 11.5 Å². The van der Waals surface area contributed by atoms with Crippen LogP contribution < -0.4 is 4.74 Å². The molecule has 0 bridgehead atoms. The number of para-hydroxylation sites is 2. The van der Waals surface area contributed by atoms with Crippen LogP contribution in [0.1, 0.15) is 11.1 Å². The minimum atomic E-state index is 0. The van der Waals surface area contributed by atoms with Crippen molar-refractivity contribution >= 4 is 27.5 Å². The number of fused-ring (bicyclic) bond motifs is 3. The fourth-order valence-corrected chi connectivity index (χ4v) is 5.36. The predicted octanol–water partition coefficient (Wildman–Crippen LogP) is 8.59. The number of aromatic nitrogens is 4. The number of rotatable bonds is 5. The first-order valence-corrected chi connectivity index (χ1v) is 13.2. The van der Waals surface area contributed by atoms with E-state index < -0.39 is 0 Å². The summed E-state index contributed by atoms with van der Waals surface area (Å²) in [6, 6.07) is 34.5. The van der Waals surface area contributed by atoms with Crippen LogP contribution in [-0.2, 0) is 21.1 Å². The van der Waals surface area contributed by atoms with Gasteiger partial charge < -0.3 is 13.9 Å². The second-order valence-electron chi connectivity index (χ2n) is 9.86. The Hall–Kier alpha value is -4.98. The zero-order chi connectivity index (χ0) is 27.9. The molecule has 3 aromatic heterocycles. The molecule has 204 valence electrons. The number of aryl methyl sites for hydroxylation is 2. The van der Waals surface area contributed by atoms with Crippen molar-refractivity contribution in [2.24, 2.45) is 0 Å². The van der Waals surface area contributed by atoms with Crippen LogP contribution in [0.15, 0.2) is 104 Å². The van der Waals surface area contributed by atoms with Crippen molar-refractivity contribution in [3.8, 4) is 34.3 Å². The third kappa shape index (κ3) is 4.79. The maximum Gasteiger partial charge on any atom is 2.00 e. The second kappa shape index (κ2) is 11.1. The van der Waals surface area contributed by atoms with Crippen LogP contribution >= 0.6 is 0 Å². The molecule has 0 radical (unpaired) electrons. The van der Waals surface area contributed by atoms with Gasteiger partial charge in [-0.05, 0) is 54.8 Å². The third-order valence-electron chi connectivity index (χ3n) is 7.17. The van der Waals surface area contributed by atoms with Gasteiger partial charge in [-0.2, -0.15) is 6.07 Å². The van der Waals surface area contributed by atoms with E-state index >= 15 is 0 Å². The monoisotopic (exact) mass is 724 g/mol. The summed E-state index contributed by atoms with van der Waals surface area (Å²) in [7, 11) is 0. The van der Waals surface area contributed by atoms with Gasteiger partial charge in [0.15, 0.2) is 0 Å². The molecule has 0 N–H and O–H groups in total. The summed E-state index contributed by atoms with van der Waals surface area (Å²) in [6.07, 6.45) is 5.54. The van der Waals surface area contributed by atoms with E-state index in [2.05, 4.69) is 69.6 Å². The SMILES string of the molecule is [C-]#[N+]c1cc(Oc2[c-]c3c(cc2)c2ccccc2n3-c2ccccn2)[c-]c(-c2cn(-c3c(C)cccc3C)cn2)c1.[Pt+2]. The molecule has 0 atom stereocenters. The van der Waals surface area contributed by atoms with E-state index in [9.17, 15) is 0 Å². The van der Waals surface area contributed by atoms with Gasteiger partial charge in [-0.15, -0.1) is 29.1 Å². The number of hydrogen-bond acceptors (Lipinski definition) is 3. The topological polar surface area (TPSA) is 49.2 Å². The molecule has 0 aliphatic heterocycles. The molecule has 0 spiro atoms. The molecule has 0 saturated carbocycles. The molecule has 0 aliphatic rings. The Morgan fingerprint density at radius 1 is 0.810 bits per heavy atom. The van der Waals surface area contributed by atoms with Crippen LogP contribution in [0.2, 0.25) is 0 Å². The average molecular weight is 725 g/mol. The smallest absolute Gasteiger partial charge is 0.504 e. The molecular weight excluding hydrogens is 701 g/mol. The quantitative estimate of drug-likeness (QED) is 0.167. The number of pyridine rings is 1. The molecule has 6 nitrogen and oxygen atoms in total. The first-order valence-electron chi connectivity index (χ1n) is 13.2. The molecule has 7 heteroatoms. The van der Waals surface area contributed by atoms with Gasteiger partial charge in [0.05, 0.1) is 18.6 Å². The Bertz CT molecular complexity index is 2100. The Balaban J connectivity index is 0.00000316. The molecular formula is C35H23N5OPt. The first kappa shape index (κ1) is 27.2. The molecule has 0 fully saturated rings. The van der Waals surface area contributed by atoms with Gasteiger partial charge in [0, 0.05) is 28.9 Å².